The summed E-state index contributed by atoms with van der Waals surface area (Å²) in [6.07, 6.45) is 6.07. The Morgan fingerprint density at radius 3 is 2.50 bits per heavy atom. The molecule has 1 amide bonds. The van der Waals surface area contributed by atoms with Gasteiger partial charge in [0.15, 0.2) is 23.7 Å². The van der Waals surface area contributed by atoms with E-state index in [2.05, 4.69) is 20.4 Å². The Kier molecular flexibility index (Phi) is 6.53. The molecule has 1 aromatic carbocycles. The lowest BCUT2D eigenvalue weighted by Crippen LogP contribution is -2.27. The van der Waals surface area contributed by atoms with Crippen molar-refractivity contribution in [2.24, 2.45) is 0 Å². The molecular formula is C24H14Cl2N6O5S. The maximum atomic E-state index is 13.2. The van der Waals surface area contributed by atoms with E-state index in [0.717, 1.165) is 12.4 Å². The Morgan fingerprint density at radius 2 is 1.76 bits per heavy atom. The lowest BCUT2D eigenvalue weighted by molar-refractivity contribution is -0.607. The average Bonchev–Trinajstić information content (AvgIpc) is 2.91. The predicted molar refractivity (Wildman–Crippen MR) is 138 cm³/mol. The highest BCUT2D eigenvalue weighted by Crippen LogP contribution is 2.29. The maximum absolute atomic E-state index is 13.2. The van der Waals surface area contributed by atoms with Crippen LogP contribution in [-0.2, 0) is 9.84 Å². The van der Waals surface area contributed by atoms with Gasteiger partial charge in [0.1, 0.15) is 4.90 Å². The molecule has 0 saturated carbocycles. The first kappa shape index (κ1) is 25.3. The summed E-state index contributed by atoms with van der Waals surface area (Å²) in [6.45, 7) is 0. The molecule has 14 heteroatoms. The van der Waals surface area contributed by atoms with Crippen molar-refractivity contribution in [3.8, 4) is 5.69 Å². The Hall–Kier alpha value is -4.39. The molecule has 4 aromatic heterocycles. The first-order valence-corrected chi connectivity index (χ1v) is 12.9. The van der Waals surface area contributed by atoms with Gasteiger partial charge in [0, 0.05) is 24.7 Å². The van der Waals surface area contributed by atoms with Gasteiger partial charge in [0.2, 0.25) is 15.3 Å². The number of amides is 1. The smallest absolute Gasteiger partial charge is 0.280 e. The second-order valence-corrected chi connectivity index (χ2v) is 10.6. The van der Waals surface area contributed by atoms with E-state index >= 15 is 0 Å². The van der Waals surface area contributed by atoms with Gasteiger partial charge in [-0.15, -0.1) is 0 Å². The normalized spacial score (nSPS) is 11.4. The molecule has 0 radical (unpaired) electrons. The lowest BCUT2D eigenvalue weighted by Gasteiger charge is -2.13. The van der Waals surface area contributed by atoms with Crippen LogP contribution in [0.1, 0.15) is 10.5 Å². The summed E-state index contributed by atoms with van der Waals surface area (Å²) >= 11 is 12.2. The largest absolute Gasteiger partial charge is 0.619 e. The van der Waals surface area contributed by atoms with Crippen LogP contribution in [0, 0.1) is 5.21 Å². The molecule has 0 bridgehead atoms. The quantitative estimate of drug-likeness (QED) is 0.250. The van der Waals surface area contributed by atoms with E-state index in [0.29, 0.717) is 4.73 Å². The van der Waals surface area contributed by atoms with Crippen LogP contribution in [0.3, 0.4) is 0 Å². The van der Waals surface area contributed by atoms with Crippen LogP contribution in [0.5, 0.6) is 0 Å². The molecule has 190 valence electrons. The van der Waals surface area contributed by atoms with Crippen molar-refractivity contribution in [1.82, 2.24) is 19.7 Å². The van der Waals surface area contributed by atoms with Crippen LogP contribution < -0.4 is 15.5 Å². The first-order chi connectivity index (χ1) is 18.2. The number of pyridine rings is 3. The van der Waals surface area contributed by atoms with Crippen LogP contribution in [0.25, 0.3) is 16.7 Å². The highest BCUT2D eigenvalue weighted by atomic mass is 35.5. The van der Waals surface area contributed by atoms with Gasteiger partial charge >= 0.3 is 0 Å². The fourth-order valence-corrected chi connectivity index (χ4v) is 5.37. The van der Waals surface area contributed by atoms with E-state index in [4.69, 9.17) is 23.2 Å². The molecule has 0 saturated heterocycles. The third-order valence-corrected chi connectivity index (χ3v) is 7.69. The number of carbonyl (C=O) groups is 1. The summed E-state index contributed by atoms with van der Waals surface area (Å²) in [6, 6.07) is 11.2. The molecule has 0 aliphatic heterocycles. The zero-order valence-corrected chi connectivity index (χ0v) is 21.3. The molecule has 38 heavy (non-hydrogen) atoms. The van der Waals surface area contributed by atoms with Gasteiger partial charge < -0.3 is 10.5 Å². The zero-order valence-electron chi connectivity index (χ0n) is 18.9. The Balaban J connectivity index is 1.66. The number of nitrogens with zero attached hydrogens (tertiary/aromatic N) is 5. The molecule has 5 rings (SSSR count). The third kappa shape index (κ3) is 4.56. The second-order valence-electron chi connectivity index (χ2n) is 7.80. The number of rotatable bonds is 5. The molecule has 0 aliphatic rings. The van der Waals surface area contributed by atoms with Crippen LogP contribution in [0.4, 0.5) is 5.69 Å². The first-order valence-electron chi connectivity index (χ1n) is 10.7. The molecule has 0 spiro atoms. The van der Waals surface area contributed by atoms with Crippen molar-refractivity contribution in [1.29, 1.82) is 0 Å². The maximum Gasteiger partial charge on any atom is 0.280 e. The standard InChI is InChI=1S/C24H14Cl2N6O5S/c25-18-11-27-12-19(26)20(18)29-24(34)21-22(33)17-7-2-8-28-23(17)32(30-21)14-4-1-5-15(10-14)38(36,37)16-6-3-9-31(35)13-16/h1-13H,(H,27,29,34). The highest BCUT2D eigenvalue weighted by molar-refractivity contribution is 7.91. The van der Waals surface area contributed by atoms with Crippen molar-refractivity contribution in [2.45, 2.75) is 9.79 Å². The molecule has 0 fully saturated rings. The number of benzene rings is 1. The summed E-state index contributed by atoms with van der Waals surface area (Å²) < 4.78 is 27.9. The molecule has 5 aromatic rings. The number of hydrogen-bond donors (Lipinski definition) is 1. The van der Waals surface area contributed by atoms with Crippen LogP contribution in [0.15, 0.2) is 94.1 Å². The second kappa shape index (κ2) is 9.82. The molecule has 0 atom stereocenters. The van der Waals surface area contributed by atoms with E-state index in [9.17, 15) is 23.2 Å². The number of nitrogens with one attached hydrogen (secondary N) is 1. The molecule has 11 nitrogen and oxygen atoms in total. The minimum atomic E-state index is -4.09. The van der Waals surface area contributed by atoms with Crippen molar-refractivity contribution >= 4 is 55.7 Å². The van der Waals surface area contributed by atoms with E-state index in [1.54, 1.807) is 0 Å². The fourth-order valence-electron chi connectivity index (χ4n) is 3.61. The van der Waals surface area contributed by atoms with Crippen LogP contribution >= 0.6 is 23.2 Å². The number of aromatic nitrogens is 5. The minimum absolute atomic E-state index is 0.0407. The Morgan fingerprint density at radius 1 is 1.03 bits per heavy atom. The van der Waals surface area contributed by atoms with Gasteiger partial charge in [-0.05, 0) is 36.4 Å². The van der Waals surface area contributed by atoms with Crippen LogP contribution in [-0.4, -0.2) is 34.1 Å². The fraction of sp³-hybridized carbons (Fsp3) is 0. The van der Waals surface area contributed by atoms with E-state index < -0.39 is 26.9 Å². The highest BCUT2D eigenvalue weighted by Gasteiger charge is 2.23. The number of carbonyl (C=O) groups excluding carboxylic acids is 1. The molecule has 1 N–H and O–H groups in total. The summed E-state index contributed by atoms with van der Waals surface area (Å²) in [5.41, 5.74) is -0.913. The third-order valence-electron chi connectivity index (χ3n) is 5.38. The summed E-state index contributed by atoms with van der Waals surface area (Å²) in [4.78, 5) is 34.0. The summed E-state index contributed by atoms with van der Waals surface area (Å²) in [5, 5.41) is 18.5. The topological polar surface area (TPSA) is 151 Å². The number of fused-ring (bicyclic) bond motifs is 1. The van der Waals surface area contributed by atoms with Gasteiger partial charge in [-0.1, -0.05) is 29.3 Å². The zero-order chi connectivity index (χ0) is 27.0. The minimum Gasteiger partial charge on any atom is -0.619 e. The van der Waals surface area contributed by atoms with Gasteiger partial charge in [0.25, 0.3) is 5.91 Å². The van der Waals surface area contributed by atoms with Crippen molar-refractivity contribution in [3.05, 3.63) is 111 Å². The SMILES string of the molecule is O=C(Nc1c(Cl)cncc1Cl)c1nn(-c2cccc(S(=O)(=O)c3ccc[n+]([O-])c3)c2)c2ncccc2c1=O. The molecule has 0 unspecified atom stereocenters. The van der Waals surface area contributed by atoms with Crippen molar-refractivity contribution in [2.75, 3.05) is 5.32 Å². The molecule has 0 aliphatic carbocycles. The van der Waals surface area contributed by atoms with E-state index in [1.165, 1.54) is 71.8 Å². The Labute approximate surface area is 224 Å². The van der Waals surface area contributed by atoms with Crippen LogP contribution in [0.2, 0.25) is 10.0 Å². The predicted octanol–water partition coefficient (Wildman–Crippen LogP) is 3.20. The number of halogens is 2. The monoisotopic (exact) mass is 568 g/mol. The average molecular weight is 569 g/mol. The number of hydrogen-bond acceptors (Lipinski definition) is 8. The van der Waals surface area contributed by atoms with E-state index in [-0.39, 0.29) is 42.2 Å². The van der Waals surface area contributed by atoms with Gasteiger partial charge in [-0.25, -0.2) is 18.1 Å². The number of sulfone groups is 1. The molecule has 4 heterocycles. The Bertz CT molecular complexity index is 1890. The summed E-state index contributed by atoms with van der Waals surface area (Å²) in [7, 11) is -4.09. The van der Waals surface area contributed by atoms with Gasteiger partial charge in [0.05, 0.1) is 31.7 Å². The van der Waals surface area contributed by atoms with E-state index in [1.807, 2.05) is 0 Å². The molecular weight excluding hydrogens is 555 g/mol. The summed E-state index contributed by atoms with van der Waals surface area (Å²) in [5.74, 6) is -0.905. The van der Waals surface area contributed by atoms with Gasteiger partial charge in [-0.2, -0.15) is 9.83 Å². The lowest BCUT2D eigenvalue weighted by atomic mass is 10.2. The van der Waals surface area contributed by atoms with Crippen molar-refractivity contribution in [3.63, 3.8) is 0 Å². The number of anilines is 1. The van der Waals surface area contributed by atoms with Crippen molar-refractivity contribution < 1.29 is 17.9 Å². The van der Waals surface area contributed by atoms with Gasteiger partial charge in [-0.3, -0.25) is 14.6 Å².